The third kappa shape index (κ3) is 4.79. The number of anilines is 3. The Morgan fingerprint density at radius 3 is 1.77 bits per heavy atom. The third-order valence-corrected chi connectivity index (χ3v) is 13.8. The van der Waals surface area contributed by atoms with Gasteiger partial charge in [0.25, 0.3) is 0 Å². The zero-order chi connectivity index (χ0) is 37.8. The van der Waals surface area contributed by atoms with Crippen molar-refractivity contribution in [3.63, 3.8) is 0 Å². The van der Waals surface area contributed by atoms with Gasteiger partial charge in [0, 0.05) is 47.9 Å². The summed E-state index contributed by atoms with van der Waals surface area (Å²) in [5.74, 6) is 0. The van der Waals surface area contributed by atoms with Crippen molar-refractivity contribution in [3.05, 3.63) is 198 Å². The van der Waals surface area contributed by atoms with Crippen molar-refractivity contribution in [1.29, 1.82) is 0 Å². The molecule has 0 amide bonds. The Bertz CT molecular complexity index is 3050. The second-order valence-corrected chi connectivity index (χ2v) is 17.6. The van der Waals surface area contributed by atoms with Crippen LogP contribution in [0.15, 0.2) is 176 Å². The van der Waals surface area contributed by atoms with Crippen molar-refractivity contribution in [2.75, 3.05) is 4.90 Å². The van der Waals surface area contributed by atoms with Gasteiger partial charge in [-0.15, -0.1) is 11.3 Å². The minimum Gasteiger partial charge on any atom is -0.310 e. The molecule has 2 heteroatoms. The fraction of sp³-hybridized carbons (Fsp3) is 0.111. The molecule has 1 heterocycles. The van der Waals surface area contributed by atoms with Crippen molar-refractivity contribution in [3.8, 4) is 44.5 Å². The van der Waals surface area contributed by atoms with E-state index in [-0.39, 0.29) is 10.8 Å². The monoisotopic (exact) mass is 735 g/mol. The van der Waals surface area contributed by atoms with E-state index < -0.39 is 0 Å². The van der Waals surface area contributed by atoms with Crippen molar-refractivity contribution in [2.24, 2.45) is 0 Å². The molecule has 268 valence electrons. The summed E-state index contributed by atoms with van der Waals surface area (Å²) in [6.45, 7) is 9.46. The fourth-order valence-electron chi connectivity index (χ4n) is 9.88. The molecule has 56 heavy (non-hydrogen) atoms. The van der Waals surface area contributed by atoms with Gasteiger partial charge in [-0.2, -0.15) is 0 Å². The Labute approximate surface area is 333 Å². The summed E-state index contributed by atoms with van der Waals surface area (Å²) < 4.78 is 2.64. The van der Waals surface area contributed by atoms with E-state index in [1.54, 1.807) is 0 Å². The van der Waals surface area contributed by atoms with Gasteiger partial charge in [0.1, 0.15) is 0 Å². The maximum absolute atomic E-state index is 2.50. The molecule has 0 unspecified atom stereocenters. The highest BCUT2D eigenvalue weighted by Gasteiger charge is 2.38. The number of hydrogen-bond acceptors (Lipinski definition) is 2. The molecule has 0 bridgehead atoms. The van der Waals surface area contributed by atoms with Gasteiger partial charge < -0.3 is 4.90 Å². The first-order valence-corrected chi connectivity index (χ1v) is 20.5. The van der Waals surface area contributed by atoms with E-state index in [1.165, 1.54) is 92.6 Å². The summed E-state index contributed by atoms with van der Waals surface area (Å²) in [5, 5.41) is 2.65. The van der Waals surface area contributed by atoms with E-state index in [2.05, 4.69) is 209 Å². The number of rotatable bonds is 5. The van der Waals surface area contributed by atoms with Crippen LogP contribution in [0, 0.1) is 0 Å². The van der Waals surface area contributed by atoms with Gasteiger partial charge in [0.05, 0.1) is 5.69 Å². The summed E-state index contributed by atoms with van der Waals surface area (Å²) in [6.07, 6.45) is 0. The average Bonchev–Trinajstić information content (AvgIpc) is 3.81. The van der Waals surface area contributed by atoms with Gasteiger partial charge in [-0.25, -0.2) is 0 Å². The highest BCUT2D eigenvalue weighted by Crippen LogP contribution is 2.55. The number of benzene rings is 8. The molecule has 1 aromatic heterocycles. The molecule has 0 aliphatic heterocycles. The number of nitrogens with zero attached hydrogens (tertiary/aromatic N) is 1. The predicted molar refractivity (Wildman–Crippen MR) is 240 cm³/mol. The van der Waals surface area contributed by atoms with E-state index in [9.17, 15) is 0 Å². The number of fused-ring (bicyclic) bond motifs is 9. The minimum absolute atomic E-state index is 0.0621. The maximum Gasteiger partial charge on any atom is 0.0543 e. The zero-order valence-electron chi connectivity index (χ0n) is 32.1. The van der Waals surface area contributed by atoms with Gasteiger partial charge in [-0.1, -0.05) is 155 Å². The van der Waals surface area contributed by atoms with Crippen molar-refractivity contribution < 1.29 is 0 Å². The largest absolute Gasteiger partial charge is 0.310 e. The molecule has 2 aliphatic carbocycles. The smallest absolute Gasteiger partial charge is 0.0543 e. The van der Waals surface area contributed by atoms with Crippen molar-refractivity contribution in [1.82, 2.24) is 0 Å². The van der Waals surface area contributed by atoms with Crippen LogP contribution in [0.1, 0.15) is 49.9 Å². The molecule has 0 spiro atoms. The SMILES string of the molecule is CC1(C)c2ccccc2-c2ccc(-c3cccc(N(c4cccc(-c5cccc6sc7ccccc7c56)c4)c4cccc5c4-c4ccccc4C5(C)C)c3)cc21. The Morgan fingerprint density at radius 2 is 0.946 bits per heavy atom. The first kappa shape index (κ1) is 33.1. The van der Waals surface area contributed by atoms with Crippen LogP contribution >= 0.6 is 11.3 Å². The van der Waals surface area contributed by atoms with Crippen LogP contribution in [0.3, 0.4) is 0 Å². The van der Waals surface area contributed by atoms with Crippen LogP contribution in [0.25, 0.3) is 64.7 Å². The van der Waals surface area contributed by atoms with Gasteiger partial charge >= 0.3 is 0 Å². The van der Waals surface area contributed by atoms with E-state index in [4.69, 9.17) is 0 Å². The Kier molecular flexibility index (Phi) is 7.18. The summed E-state index contributed by atoms with van der Waals surface area (Å²) in [5.41, 5.74) is 19.1. The lowest BCUT2D eigenvalue weighted by molar-refractivity contribution is 0.660. The summed E-state index contributed by atoms with van der Waals surface area (Å²) in [7, 11) is 0. The average molecular weight is 736 g/mol. The lowest BCUT2D eigenvalue weighted by atomic mass is 9.81. The molecular formula is C54H41NS. The second kappa shape index (κ2) is 12.1. The van der Waals surface area contributed by atoms with E-state index in [0.717, 1.165) is 11.4 Å². The molecule has 0 atom stereocenters. The molecule has 0 N–H and O–H groups in total. The molecule has 0 fully saturated rings. The number of thiophene rings is 1. The van der Waals surface area contributed by atoms with Crippen LogP contribution in [0.2, 0.25) is 0 Å². The molecule has 0 saturated heterocycles. The highest BCUT2D eigenvalue weighted by molar-refractivity contribution is 7.25. The van der Waals surface area contributed by atoms with Gasteiger partial charge in [0.2, 0.25) is 0 Å². The molecule has 11 rings (SSSR count). The zero-order valence-corrected chi connectivity index (χ0v) is 32.9. The highest BCUT2D eigenvalue weighted by atomic mass is 32.1. The van der Waals surface area contributed by atoms with E-state index in [0.29, 0.717) is 0 Å². The molecule has 0 radical (unpaired) electrons. The first-order chi connectivity index (χ1) is 27.3. The van der Waals surface area contributed by atoms with Crippen molar-refractivity contribution >= 4 is 48.6 Å². The minimum atomic E-state index is -0.109. The normalized spacial score (nSPS) is 14.4. The van der Waals surface area contributed by atoms with E-state index >= 15 is 0 Å². The summed E-state index contributed by atoms with van der Waals surface area (Å²) in [4.78, 5) is 2.50. The van der Waals surface area contributed by atoms with Crippen LogP contribution < -0.4 is 4.90 Å². The Balaban J connectivity index is 1.12. The Hall–Kier alpha value is -6.22. The summed E-state index contributed by atoms with van der Waals surface area (Å²) >= 11 is 1.87. The molecule has 0 saturated carbocycles. The third-order valence-electron chi connectivity index (χ3n) is 12.7. The lowest BCUT2D eigenvalue weighted by Crippen LogP contribution is -2.16. The molecule has 9 aromatic rings. The van der Waals surface area contributed by atoms with Crippen LogP contribution in [0.5, 0.6) is 0 Å². The van der Waals surface area contributed by atoms with E-state index in [1.807, 2.05) is 11.3 Å². The molecular weight excluding hydrogens is 695 g/mol. The molecule has 8 aromatic carbocycles. The Morgan fingerprint density at radius 1 is 0.393 bits per heavy atom. The van der Waals surface area contributed by atoms with Gasteiger partial charge in [0.15, 0.2) is 0 Å². The summed E-state index contributed by atoms with van der Waals surface area (Å²) in [6, 6.07) is 65.8. The lowest BCUT2D eigenvalue weighted by Gasteiger charge is -2.29. The fourth-order valence-corrected chi connectivity index (χ4v) is 11.0. The first-order valence-electron chi connectivity index (χ1n) is 19.7. The quantitative estimate of drug-likeness (QED) is 0.170. The standard InChI is InChI=1S/C54H41NS/c1-53(2)45-24-9-6-20-42(45)52-46(53)25-14-26-48(52)55(38-18-12-16-36(32-38)39-22-13-28-50-51(39)43-21-7-10-27-49(43)56-50)37-17-11-15-34(31-37)35-29-30-41-40-19-5-8-23-44(40)54(3,4)47(41)33-35/h5-33H,1-4H3. The van der Waals surface area contributed by atoms with Gasteiger partial charge in [-0.05, 0) is 110 Å². The molecule has 1 nitrogen and oxygen atoms in total. The van der Waals surface area contributed by atoms with Crippen LogP contribution in [0.4, 0.5) is 17.1 Å². The number of hydrogen-bond donors (Lipinski definition) is 0. The topological polar surface area (TPSA) is 3.24 Å². The van der Waals surface area contributed by atoms with Crippen LogP contribution in [-0.4, -0.2) is 0 Å². The predicted octanol–water partition coefficient (Wildman–Crippen LogP) is 15.5. The second-order valence-electron chi connectivity index (χ2n) is 16.5. The molecule has 2 aliphatic rings. The maximum atomic E-state index is 2.50. The van der Waals surface area contributed by atoms with Gasteiger partial charge in [-0.3, -0.25) is 0 Å². The van der Waals surface area contributed by atoms with Crippen molar-refractivity contribution in [2.45, 2.75) is 38.5 Å². The van der Waals surface area contributed by atoms with Crippen LogP contribution in [-0.2, 0) is 10.8 Å².